The molecule has 104 valence electrons. The number of pyridine rings is 1. The van der Waals surface area contributed by atoms with Crippen LogP contribution in [0.1, 0.15) is 0 Å². The number of carboxylic acid groups (broad SMARTS) is 1. The fourth-order valence-electron chi connectivity index (χ4n) is 2.40. The van der Waals surface area contributed by atoms with Gasteiger partial charge in [-0.3, -0.25) is 4.98 Å². The van der Waals surface area contributed by atoms with Crippen LogP contribution >= 0.6 is 11.6 Å². The van der Waals surface area contributed by atoms with Crippen molar-refractivity contribution >= 4 is 34.2 Å². The van der Waals surface area contributed by atoms with Crippen LogP contribution in [0.5, 0.6) is 0 Å². The molecule has 0 spiro atoms. The molecule has 0 aliphatic carbocycles. The fraction of sp³-hybridized carbons (Fsp3) is 0.286. The van der Waals surface area contributed by atoms with E-state index >= 15 is 0 Å². The standard InChI is InChI=1S/C14H13ClN2O3/c15-9-1-2-10-11(7-9)16-4-3-12(10)17-5-6-20-13(8-17)14(18)19/h1-4,7,13H,5-6,8H2,(H,18,19). The minimum Gasteiger partial charge on any atom is -0.479 e. The summed E-state index contributed by atoms with van der Waals surface area (Å²) in [5, 5.41) is 10.7. The lowest BCUT2D eigenvalue weighted by atomic mass is 10.1. The van der Waals surface area contributed by atoms with E-state index in [-0.39, 0.29) is 0 Å². The van der Waals surface area contributed by atoms with Crippen molar-refractivity contribution < 1.29 is 14.6 Å². The summed E-state index contributed by atoms with van der Waals surface area (Å²) in [6.45, 7) is 1.39. The Balaban J connectivity index is 1.99. The van der Waals surface area contributed by atoms with E-state index in [1.165, 1.54) is 0 Å². The molecule has 0 bridgehead atoms. The van der Waals surface area contributed by atoms with Gasteiger partial charge in [-0.15, -0.1) is 0 Å². The van der Waals surface area contributed by atoms with Crippen molar-refractivity contribution in [3.8, 4) is 0 Å². The van der Waals surface area contributed by atoms with Crippen LogP contribution in [0.15, 0.2) is 30.5 Å². The van der Waals surface area contributed by atoms with Gasteiger partial charge in [0.1, 0.15) is 0 Å². The van der Waals surface area contributed by atoms with Crippen LogP contribution in [0.3, 0.4) is 0 Å². The zero-order valence-corrected chi connectivity index (χ0v) is 11.4. The van der Waals surface area contributed by atoms with Gasteiger partial charge in [0.25, 0.3) is 0 Å². The molecule has 0 amide bonds. The van der Waals surface area contributed by atoms with Crippen LogP contribution in [-0.2, 0) is 9.53 Å². The largest absolute Gasteiger partial charge is 0.479 e. The number of anilines is 1. The second-order valence-electron chi connectivity index (χ2n) is 4.64. The number of hydrogen-bond donors (Lipinski definition) is 1. The van der Waals surface area contributed by atoms with Crippen molar-refractivity contribution in [1.29, 1.82) is 0 Å². The number of ether oxygens (including phenoxy) is 1. The summed E-state index contributed by atoms with van der Waals surface area (Å²) < 4.78 is 5.24. The molecule has 1 aliphatic heterocycles. The first-order valence-corrected chi connectivity index (χ1v) is 6.66. The highest BCUT2D eigenvalue weighted by Gasteiger charge is 2.27. The van der Waals surface area contributed by atoms with Gasteiger partial charge in [0.2, 0.25) is 0 Å². The first-order chi connectivity index (χ1) is 9.65. The van der Waals surface area contributed by atoms with Crippen molar-refractivity contribution in [2.45, 2.75) is 6.10 Å². The summed E-state index contributed by atoms with van der Waals surface area (Å²) in [7, 11) is 0. The van der Waals surface area contributed by atoms with E-state index in [0.717, 1.165) is 16.6 Å². The van der Waals surface area contributed by atoms with Gasteiger partial charge in [0, 0.05) is 28.8 Å². The number of carbonyl (C=O) groups is 1. The molecule has 1 atom stereocenters. The average molecular weight is 293 g/mol. The number of nitrogens with zero attached hydrogens (tertiary/aromatic N) is 2. The van der Waals surface area contributed by atoms with Gasteiger partial charge in [-0.1, -0.05) is 11.6 Å². The van der Waals surface area contributed by atoms with Crippen molar-refractivity contribution in [2.24, 2.45) is 0 Å². The topological polar surface area (TPSA) is 62.7 Å². The third-order valence-corrected chi connectivity index (χ3v) is 3.60. The Morgan fingerprint density at radius 1 is 1.45 bits per heavy atom. The Labute approximate surface area is 120 Å². The minimum absolute atomic E-state index is 0.330. The van der Waals surface area contributed by atoms with Crippen LogP contribution in [0.25, 0.3) is 10.9 Å². The number of carboxylic acids is 1. The molecule has 1 aromatic carbocycles. The summed E-state index contributed by atoms with van der Waals surface area (Å²) in [5.41, 5.74) is 1.76. The molecule has 2 aromatic rings. The van der Waals surface area contributed by atoms with E-state index in [4.69, 9.17) is 21.4 Å². The van der Waals surface area contributed by atoms with Gasteiger partial charge in [-0.05, 0) is 24.3 Å². The van der Waals surface area contributed by atoms with E-state index < -0.39 is 12.1 Å². The number of morpholine rings is 1. The first-order valence-electron chi connectivity index (χ1n) is 6.29. The van der Waals surface area contributed by atoms with Crippen LogP contribution in [0, 0.1) is 0 Å². The molecule has 0 saturated carbocycles. The minimum atomic E-state index is -0.934. The molecule has 1 aromatic heterocycles. The summed E-state index contributed by atoms with van der Waals surface area (Å²) in [6, 6.07) is 7.41. The Morgan fingerprint density at radius 3 is 3.10 bits per heavy atom. The smallest absolute Gasteiger partial charge is 0.334 e. The molecule has 1 N–H and O–H groups in total. The lowest BCUT2D eigenvalue weighted by Crippen LogP contribution is -2.46. The molecule has 20 heavy (non-hydrogen) atoms. The molecule has 2 heterocycles. The summed E-state index contributed by atoms with van der Waals surface area (Å²) in [5.74, 6) is -0.934. The highest BCUT2D eigenvalue weighted by atomic mass is 35.5. The molecule has 6 heteroatoms. The number of fused-ring (bicyclic) bond motifs is 1. The van der Waals surface area contributed by atoms with Gasteiger partial charge in [-0.2, -0.15) is 0 Å². The van der Waals surface area contributed by atoms with Gasteiger partial charge >= 0.3 is 5.97 Å². The zero-order valence-electron chi connectivity index (χ0n) is 10.6. The predicted molar refractivity (Wildman–Crippen MR) is 76.3 cm³/mol. The molecule has 5 nitrogen and oxygen atoms in total. The maximum atomic E-state index is 11.1. The van der Waals surface area contributed by atoms with Gasteiger partial charge in [0.05, 0.1) is 18.7 Å². The highest BCUT2D eigenvalue weighted by molar-refractivity contribution is 6.31. The number of aromatic nitrogens is 1. The maximum absolute atomic E-state index is 11.1. The molecule has 1 aliphatic rings. The van der Waals surface area contributed by atoms with E-state index in [1.807, 2.05) is 23.1 Å². The Hall–Kier alpha value is -1.85. The third kappa shape index (κ3) is 2.42. The Morgan fingerprint density at radius 2 is 2.30 bits per heavy atom. The molecule has 3 rings (SSSR count). The summed E-state index contributed by atoms with van der Waals surface area (Å²) in [4.78, 5) is 17.4. The second-order valence-corrected chi connectivity index (χ2v) is 5.07. The quantitative estimate of drug-likeness (QED) is 0.919. The van der Waals surface area contributed by atoms with Gasteiger partial charge in [0.15, 0.2) is 6.10 Å². The Bertz CT molecular complexity index is 662. The van der Waals surface area contributed by atoms with Crippen molar-refractivity contribution in [2.75, 3.05) is 24.6 Å². The summed E-state index contributed by atoms with van der Waals surface area (Å²) in [6.07, 6.45) is 0.915. The van der Waals surface area contributed by atoms with Crippen molar-refractivity contribution in [1.82, 2.24) is 4.98 Å². The number of halogens is 1. The monoisotopic (exact) mass is 292 g/mol. The molecule has 1 saturated heterocycles. The normalized spacial score (nSPS) is 19.2. The average Bonchev–Trinajstić information content (AvgIpc) is 2.46. The Kier molecular flexibility index (Phi) is 3.46. The first kappa shape index (κ1) is 13.1. The molecule has 0 radical (unpaired) electrons. The van der Waals surface area contributed by atoms with Crippen molar-refractivity contribution in [3.05, 3.63) is 35.5 Å². The highest BCUT2D eigenvalue weighted by Crippen LogP contribution is 2.28. The van der Waals surface area contributed by atoms with Gasteiger partial charge in [-0.25, -0.2) is 4.79 Å². The second kappa shape index (κ2) is 5.26. The third-order valence-electron chi connectivity index (χ3n) is 3.36. The van der Waals surface area contributed by atoms with Crippen molar-refractivity contribution in [3.63, 3.8) is 0 Å². The number of hydrogen-bond acceptors (Lipinski definition) is 4. The van der Waals surface area contributed by atoms with Crippen LogP contribution < -0.4 is 4.90 Å². The molecular formula is C14H13ClN2O3. The lowest BCUT2D eigenvalue weighted by molar-refractivity contribution is -0.150. The van der Waals surface area contributed by atoms with E-state index in [1.54, 1.807) is 12.3 Å². The zero-order chi connectivity index (χ0) is 14.1. The molecular weight excluding hydrogens is 280 g/mol. The summed E-state index contributed by atoms with van der Waals surface area (Å²) >= 11 is 5.97. The number of aliphatic carboxylic acids is 1. The van der Waals surface area contributed by atoms with E-state index in [9.17, 15) is 4.79 Å². The SMILES string of the molecule is O=C(O)C1CN(c2ccnc3cc(Cl)ccc23)CCO1. The van der Waals surface area contributed by atoms with E-state index in [0.29, 0.717) is 24.7 Å². The van der Waals surface area contributed by atoms with Crippen LogP contribution in [0.2, 0.25) is 5.02 Å². The number of benzene rings is 1. The lowest BCUT2D eigenvalue weighted by Gasteiger charge is -2.33. The predicted octanol–water partition coefficient (Wildman–Crippen LogP) is 2.18. The van der Waals surface area contributed by atoms with E-state index in [2.05, 4.69) is 4.98 Å². The number of rotatable bonds is 2. The fourth-order valence-corrected chi connectivity index (χ4v) is 2.57. The molecule has 1 unspecified atom stereocenters. The van der Waals surface area contributed by atoms with Crippen LogP contribution in [-0.4, -0.2) is 41.9 Å². The molecule has 1 fully saturated rings. The van der Waals surface area contributed by atoms with Gasteiger partial charge < -0.3 is 14.7 Å². The maximum Gasteiger partial charge on any atom is 0.334 e. The van der Waals surface area contributed by atoms with Crippen LogP contribution in [0.4, 0.5) is 5.69 Å².